The lowest BCUT2D eigenvalue weighted by molar-refractivity contribution is 0.0697. The summed E-state index contributed by atoms with van der Waals surface area (Å²) in [4.78, 5) is 10.9. The topological polar surface area (TPSA) is 46.5 Å². The number of aromatic carboxylic acids is 1. The summed E-state index contributed by atoms with van der Waals surface area (Å²) in [6.45, 7) is 0. The van der Waals surface area contributed by atoms with E-state index in [0.717, 1.165) is 12.1 Å². The molecule has 5 heteroatoms. The molecule has 0 atom stereocenters. The second kappa shape index (κ2) is 5.06. The zero-order chi connectivity index (χ0) is 14.0. The number of benzene rings is 2. The van der Waals surface area contributed by atoms with Crippen LogP contribution in [0.4, 0.5) is 8.78 Å². The molecule has 0 saturated heterocycles. The van der Waals surface area contributed by atoms with Crippen LogP contribution in [0.5, 0.6) is 5.75 Å². The summed E-state index contributed by atoms with van der Waals surface area (Å²) in [7, 11) is 1.30. The van der Waals surface area contributed by atoms with Gasteiger partial charge in [0.1, 0.15) is 5.82 Å². The first kappa shape index (κ1) is 13.0. The Balaban J connectivity index is 2.57. The van der Waals surface area contributed by atoms with Crippen LogP contribution in [0.25, 0.3) is 11.1 Å². The van der Waals surface area contributed by atoms with Crippen molar-refractivity contribution in [1.82, 2.24) is 0 Å². The maximum atomic E-state index is 13.7. The number of carbonyl (C=O) groups is 1. The Hall–Kier alpha value is -2.43. The molecule has 0 fully saturated rings. The molecule has 0 aliphatic heterocycles. The fourth-order valence-electron chi connectivity index (χ4n) is 1.71. The Morgan fingerprint density at radius 3 is 2.42 bits per heavy atom. The molecule has 98 valence electrons. The third-order valence-corrected chi connectivity index (χ3v) is 2.68. The van der Waals surface area contributed by atoms with Gasteiger partial charge in [-0.3, -0.25) is 0 Å². The van der Waals surface area contributed by atoms with Crippen LogP contribution in [0.1, 0.15) is 10.4 Å². The van der Waals surface area contributed by atoms with Crippen LogP contribution >= 0.6 is 0 Å². The van der Waals surface area contributed by atoms with Crippen LogP contribution in [0.2, 0.25) is 0 Å². The summed E-state index contributed by atoms with van der Waals surface area (Å²) in [5.74, 6) is -2.34. The maximum absolute atomic E-state index is 13.7. The molecule has 0 aliphatic carbocycles. The first-order valence-electron chi connectivity index (χ1n) is 5.39. The maximum Gasteiger partial charge on any atom is 0.335 e. The molecule has 0 unspecified atom stereocenters. The van der Waals surface area contributed by atoms with Crippen molar-refractivity contribution in [2.75, 3.05) is 7.11 Å². The van der Waals surface area contributed by atoms with Gasteiger partial charge in [-0.15, -0.1) is 0 Å². The van der Waals surface area contributed by atoms with Crippen molar-refractivity contribution in [2.24, 2.45) is 0 Å². The molecule has 0 aromatic heterocycles. The van der Waals surface area contributed by atoms with Crippen molar-refractivity contribution in [1.29, 1.82) is 0 Å². The molecule has 0 radical (unpaired) electrons. The molecular weight excluding hydrogens is 254 g/mol. The summed E-state index contributed by atoms with van der Waals surface area (Å²) in [6, 6.07) is 7.25. The molecule has 1 N–H and O–H groups in total. The third-order valence-electron chi connectivity index (χ3n) is 2.68. The van der Waals surface area contributed by atoms with Gasteiger partial charge in [-0.2, -0.15) is 0 Å². The summed E-state index contributed by atoms with van der Waals surface area (Å²) in [6.07, 6.45) is 0. The lowest BCUT2D eigenvalue weighted by Crippen LogP contribution is -1.98. The summed E-state index contributed by atoms with van der Waals surface area (Å²) in [5.41, 5.74) is 0.386. The normalized spacial score (nSPS) is 10.3. The van der Waals surface area contributed by atoms with Crippen molar-refractivity contribution in [3.63, 3.8) is 0 Å². The number of hydrogen-bond donors (Lipinski definition) is 1. The monoisotopic (exact) mass is 264 g/mol. The van der Waals surface area contributed by atoms with Gasteiger partial charge in [-0.05, 0) is 35.9 Å². The lowest BCUT2D eigenvalue weighted by Gasteiger charge is -2.08. The van der Waals surface area contributed by atoms with Crippen LogP contribution in [0.15, 0.2) is 36.4 Å². The van der Waals surface area contributed by atoms with Crippen molar-refractivity contribution < 1.29 is 23.4 Å². The van der Waals surface area contributed by atoms with E-state index in [1.54, 1.807) is 0 Å². The van der Waals surface area contributed by atoms with E-state index in [2.05, 4.69) is 0 Å². The molecule has 2 rings (SSSR count). The number of carboxylic acid groups (broad SMARTS) is 1. The molecule has 0 aliphatic rings. The van der Waals surface area contributed by atoms with Crippen molar-refractivity contribution in [3.05, 3.63) is 53.6 Å². The minimum atomic E-state index is -1.16. The van der Waals surface area contributed by atoms with Crippen molar-refractivity contribution in [2.45, 2.75) is 0 Å². The van der Waals surface area contributed by atoms with E-state index in [1.165, 1.54) is 31.4 Å². The molecule has 0 spiro atoms. The molecule has 2 aromatic carbocycles. The quantitative estimate of drug-likeness (QED) is 0.924. The molecule has 2 aromatic rings. The van der Waals surface area contributed by atoms with E-state index in [9.17, 15) is 13.6 Å². The minimum absolute atomic E-state index is 0.0300. The highest BCUT2D eigenvalue weighted by Gasteiger charge is 2.12. The van der Waals surface area contributed by atoms with E-state index in [4.69, 9.17) is 9.84 Å². The number of halogens is 2. The highest BCUT2D eigenvalue weighted by Crippen LogP contribution is 2.29. The first-order valence-corrected chi connectivity index (χ1v) is 5.39. The molecule has 0 amide bonds. The molecule has 0 saturated carbocycles. The van der Waals surface area contributed by atoms with Crippen molar-refractivity contribution in [3.8, 4) is 16.9 Å². The molecule has 0 heterocycles. The molecule has 3 nitrogen and oxygen atoms in total. The zero-order valence-corrected chi connectivity index (χ0v) is 9.98. The summed E-state index contributed by atoms with van der Waals surface area (Å²) < 4.78 is 31.8. The van der Waals surface area contributed by atoms with E-state index >= 15 is 0 Å². The van der Waals surface area contributed by atoms with Crippen molar-refractivity contribution >= 4 is 5.97 Å². The second-order valence-corrected chi connectivity index (χ2v) is 3.85. The van der Waals surface area contributed by atoms with E-state index in [1.807, 2.05) is 0 Å². The number of carboxylic acids is 1. The van der Waals surface area contributed by atoms with Gasteiger partial charge in [-0.1, -0.05) is 6.07 Å². The Kier molecular flexibility index (Phi) is 3.46. The van der Waals surface area contributed by atoms with Gasteiger partial charge in [0.2, 0.25) is 0 Å². The van der Waals surface area contributed by atoms with Crippen LogP contribution in [-0.4, -0.2) is 18.2 Å². The smallest absolute Gasteiger partial charge is 0.335 e. The van der Waals surface area contributed by atoms with Gasteiger partial charge >= 0.3 is 5.97 Å². The highest BCUT2D eigenvalue weighted by molar-refractivity contribution is 5.89. The number of methoxy groups -OCH3 is 1. The highest BCUT2D eigenvalue weighted by atomic mass is 19.1. The van der Waals surface area contributed by atoms with Crippen LogP contribution in [0.3, 0.4) is 0 Å². The first-order chi connectivity index (χ1) is 9.02. The van der Waals surface area contributed by atoms with Gasteiger partial charge in [0.25, 0.3) is 0 Å². The summed E-state index contributed by atoms with van der Waals surface area (Å²) >= 11 is 0. The number of rotatable bonds is 3. The van der Waals surface area contributed by atoms with Gasteiger partial charge in [0, 0.05) is 5.56 Å². The van der Waals surface area contributed by atoms with Gasteiger partial charge in [0.05, 0.1) is 12.7 Å². The average molecular weight is 264 g/mol. The van der Waals surface area contributed by atoms with Crippen LogP contribution < -0.4 is 4.74 Å². The Morgan fingerprint density at radius 1 is 1.11 bits per heavy atom. The van der Waals surface area contributed by atoms with Crippen LogP contribution in [-0.2, 0) is 0 Å². The average Bonchev–Trinajstić information content (AvgIpc) is 2.40. The Bertz CT molecular complexity index is 639. The molecule has 0 bridgehead atoms. The molecule has 19 heavy (non-hydrogen) atoms. The van der Waals surface area contributed by atoms with E-state index in [-0.39, 0.29) is 16.9 Å². The third kappa shape index (κ3) is 2.54. The number of ether oxygens (including phenoxy) is 1. The summed E-state index contributed by atoms with van der Waals surface area (Å²) in [5, 5.41) is 8.88. The predicted molar refractivity (Wildman–Crippen MR) is 65.3 cm³/mol. The minimum Gasteiger partial charge on any atom is -0.494 e. The number of hydrogen-bond acceptors (Lipinski definition) is 2. The second-order valence-electron chi connectivity index (χ2n) is 3.85. The lowest BCUT2D eigenvalue weighted by atomic mass is 10.0. The van der Waals surface area contributed by atoms with E-state index in [0.29, 0.717) is 5.56 Å². The van der Waals surface area contributed by atoms with E-state index < -0.39 is 17.6 Å². The molecular formula is C14H10F2O3. The standard InChI is InChI=1S/C14H10F2O3/c1-19-13-7-8(2-5-12(13)16)10-6-9(14(17)18)3-4-11(10)15/h2-7H,1H3,(H,17,18). The predicted octanol–water partition coefficient (Wildman–Crippen LogP) is 3.34. The SMILES string of the molecule is COc1cc(-c2cc(C(=O)O)ccc2F)ccc1F. The van der Waals surface area contributed by atoms with Crippen LogP contribution in [0, 0.1) is 11.6 Å². The van der Waals surface area contributed by atoms with Gasteiger partial charge < -0.3 is 9.84 Å². The zero-order valence-electron chi connectivity index (χ0n) is 9.98. The fraction of sp³-hybridized carbons (Fsp3) is 0.0714. The Morgan fingerprint density at radius 2 is 1.79 bits per heavy atom. The largest absolute Gasteiger partial charge is 0.494 e. The van der Waals surface area contributed by atoms with Gasteiger partial charge in [0.15, 0.2) is 11.6 Å². The Labute approximate surface area is 108 Å². The fourth-order valence-corrected chi connectivity index (χ4v) is 1.71. The van der Waals surface area contributed by atoms with Gasteiger partial charge in [-0.25, -0.2) is 13.6 Å².